The summed E-state index contributed by atoms with van der Waals surface area (Å²) in [5.74, 6) is -0.305. The Balaban J connectivity index is 1.72. The van der Waals surface area contributed by atoms with Crippen LogP contribution in [0.2, 0.25) is 0 Å². The van der Waals surface area contributed by atoms with Gasteiger partial charge in [0.25, 0.3) is 0 Å². The summed E-state index contributed by atoms with van der Waals surface area (Å²) < 4.78 is 19.1. The van der Waals surface area contributed by atoms with Gasteiger partial charge in [-0.15, -0.1) is 0 Å². The number of carbonyl (C=O) groups excluding carboxylic acids is 2. The number of nitrogens with zero attached hydrogens (tertiary/aromatic N) is 6. The van der Waals surface area contributed by atoms with Crippen LogP contribution < -0.4 is 4.90 Å². The van der Waals surface area contributed by atoms with E-state index in [4.69, 9.17) is 13.9 Å². The number of benzene rings is 1. The number of aromatic nitrogens is 5. The highest BCUT2D eigenvalue weighted by atomic mass is 16.6. The summed E-state index contributed by atoms with van der Waals surface area (Å²) in [7, 11) is 3.48. The average molecular weight is 507 g/mol. The Morgan fingerprint density at radius 1 is 1.19 bits per heavy atom. The van der Waals surface area contributed by atoms with E-state index in [1.807, 2.05) is 12.1 Å². The van der Waals surface area contributed by atoms with Crippen molar-refractivity contribution < 1.29 is 23.5 Å². The maximum absolute atomic E-state index is 13.7. The van der Waals surface area contributed by atoms with Crippen molar-refractivity contribution >= 4 is 28.5 Å². The van der Waals surface area contributed by atoms with E-state index in [1.54, 1.807) is 49.1 Å². The first kappa shape index (κ1) is 24.7. The number of carbonyl (C=O) groups is 2. The molecule has 11 heteroatoms. The molecule has 0 radical (unpaired) electrons. The summed E-state index contributed by atoms with van der Waals surface area (Å²) in [6.45, 7) is 4.52. The second-order valence-corrected chi connectivity index (χ2v) is 9.09. The molecule has 1 saturated heterocycles. The quantitative estimate of drug-likeness (QED) is 0.344. The zero-order valence-corrected chi connectivity index (χ0v) is 21.4. The third-order valence-corrected chi connectivity index (χ3v) is 6.60. The number of ether oxygens (including phenoxy) is 2. The molecule has 0 unspecified atom stereocenters. The standard InChI is InChI=1S/C26H30N6O5/c1-5-19-12-18(9-10-36-19)32(26(34)35-6-2)23-20-11-16(21-14-28-31(4)29-21)7-8-22(20)37-25(23)24(33)17-13-27-30(3)15-17/h7-8,11,13-15,18-19H,5-6,9-10,12H2,1-4H3/t18-,19-/m0/s1. The summed E-state index contributed by atoms with van der Waals surface area (Å²) >= 11 is 0. The number of ketones is 1. The van der Waals surface area contributed by atoms with E-state index in [0.29, 0.717) is 47.4 Å². The molecule has 1 aromatic carbocycles. The Labute approximate surface area is 213 Å². The second kappa shape index (κ2) is 10.2. The molecule has 1 aliphatic heterocycles. The van der Waals surface area contributed by atoms with Crippen molar-refractivity contribution in [3.63, 3.8) is 0 Å². The third kappa shape index (κ3) is 4.74. The number of amides is 1. The van der Waals surface area contributed by atoms with Crippen molar-refractivity contribution in [2.45, 2.75) is 45.3 Å². The van der Waals surface area contributed by atoms with Crippen LogP contribution in [-0.4, -0.2) is 62.0 Å². The maximum Gasteiger partial charge on any atom is 0.414 e. The number of fused-ring (bicyclic) bond motifs is 1. The lowest BCUT2D eigenvalue weighted by Gasteiger charge is -2.36. The Morgan fingerprint density at radius 2 is 2.03 bits per heavy atom. The largest absolute Gasteiger partial charge is 0.450 e. The van der Waals surface area contributed by atoms with Gasteiger partial charge in [0.15, 0.2) is 5.76 Å². The van der Waals surface area contributed by atoms with Crippen molar-refractivity contribution in [2.24, 2.45) is 14.1 Å². The molecule has 4 heterocycles. The molecule has 5 rings (SSSR count). The van der Waals surface area contributed by atoms with Crippen molar-refractivity contribution in [3.8, 4) is 11.3 Å². The van der Waals surface area contributed by atoms with Gasteiger partial charge in [-0.25, -0.2) is 4.79 Å². The van der Waals surface area contributed by atoms with Crippen LogP contribution in [-0.2, 0) is 23.6 Å². The molecule has 2 atom stereocenters. The molecule has 1 amide bonds. The van der Waals surface area contributed by atoms with Crippen LogP contribution in [0.25, 0.3) is 22.2 Å². The highest BCUT2D eigenvalue weighted by molar-refractivity contribution is 6.17. The third-order valence-electron chi connectivity index (χ3n) is 6.60. The summed E-state index contributed by atoms with van der Waals surface area (Å²) in [5, 5.41) is 13.3. The van der Waals surface area contributed by atoms with Gasteiger partial charge in [0.1, 0.15) is 17.0 Å². The number of furan rings is 1. The van der Waals surface area contributed by atoms with Crippen LogP contribution in [0, 0.1) is 0 Å². The lowest BCUT2D eigenvalue weighted by Crippen LogP contribution is -2.46. The number of hydrogen-bond acceptors (Lipinski definition) is 8. The van der Waals surface area contributed by atoms with E-state index >= 15 is 0 Å². The maximum atomic E-state index is 13.7. The molecular formula is C26H30N6O5. The molecule has 4 aromatic rings. The fourth-order valence-electron chi connectivity index (χ4n) is 4.78. The normalized spacial score (nSPS) is 17.7. The molecule has 1 fully saturated rings. The molecule has 0 spiro atoms. The molecule has 11 nitrogen and oxygen atoms in total. The molecular weight excluding hydrogens is 476 g/mol. The zero-order chi connectivity index (χ0) is 26.1. The van der Waals surface area contributed by atoms with Gasteiger partial charge in [-0.1, -0.05) is 6.92 Å². The minimum atomic E-state index is -0.530. The van der Waals surface area contributed by atoms with E-state index in [1.165, 1.54) is 11.0 Å². The molecule has 37 heavy (non-hydrogen) atoms. The minimum absolute atomic E-state index is 0.00136. The monoisotopic (exact) mass is 506 g/mol. The first-order chi connectivity index (χ1) is 17.9. The highest BCUT2D eigenvalue weighted by Crippen LogP contribution is 2.40. The topological polar surface area (TPSA) is 118 Å². The van der Waals surface area contributed by atoms with E-state index < -0.39 is 6.09 Å². The predicted octanol–water partition coefficient (Wildman–Crippen LogP) is 4.11. The molecule has 0 aliphatic carbocycles. The number of hydrogen-bond donors (Lipinski definition) is 0. The first-order valence-electron chi connectivity index (χ1n) is 12.4. The van der Waals surface area contributed by atoms with Crippen LogP contribution in [0.5, 0.6) is 0 Å². The average Bonchev–Trinajstić information content (AvgIpc) is 3.62. The van der Waals surface area contributed by atoms with Gasteiger partial charge in [0.2, 0.25) is 5.78 Å². The number of rotatable bonds is 7. The van der Waals surface area contributed by atoms with Gasteiger partial charge in [-0.05, 0) is 44.4 Å². The van der Waals surface area contributed by atoms with Gasteiger partial charge in [-0.2, -0.15) is 20.1 Å². The van der Waals surface area contributed by atoms with Crippen LogP contribution in [0.1, 0.15) is 49.2 Å². The zero-order valence-electron chi connectivity index (χ0n) is 21.4. The van der Waals surface area contributed by atoms with Crippen molar-refractivity contribution in [1.82, 2.24) is 24.8 Å². The summed E-state index contributed by atoms with van der Waals surface area (Å²) in [5.41, 5.74) is 2.67. The van der Waals surface area contributed by atoms with Gasteiger partial charge in [-0.3, -0.25) is 14.4 Å². The van der Waals surface area contributed by atoms with Gasteiger partial charge < -0.3 is 13.9 Å². The molecule has 0 bridgehead atoms. The van der Waals surface area contributed by atoms with Crippen molar-refractivity contribution in [2.75, 3.05) is 18.1 Å². The summed E-state index contributed by atoms with van der Waals surface area (Å²) in [6, 6.07) is 5.28. The van der Waals surface area contributed by atoms with E-state index in [-0.39, 0.29) is 30.3 Å². The predicted molar refractivity (Wildman–Crippen MR) is 135 cm³/mol. The summed E-state index contributed by atoms with van der Waals surface area (Å²) in [4.78, 5) is 30.3. The smallest absolute Gasteiger partial charge is 0.414 e. The first-order valence-corrected chi connectivity index (χ1v) is 12.4. The highest BCUT2D eigenvalue weighted by Gasteiger charge is 2.37. The SMILES string of the molecule is CCOC(=O)N(c1c(C(=O)c2cnn(C)c2)oc2ccc(-c3cnn(C)n3)cc12)[C@H]1CCO[C@@H](CC)C1. The molecule has 194 valence electrons. The fraction of sp³-hybridized carbons (Fsp3) is 0.423. The van der Waals surface area contributed by atoms with Crippen LogP contribution in [0.3, 0.4) is 0 Å². The molecule has 0 saturated carbocycles. The second-order valence-electron chi connectivity index (χ2n) is 9.09. The Hall–Kier alpha value is -3.99. The molecule has 1 aliphatic rings. The van der Waals surface area contributed by atoms with Crippen molar-refractivity contribution in [1.29, 1.82) is 0 Å². The Morgan fingerprint density at radius 3 is 2.70 bits per heavy atom. The van der Waals surface area contributed by atoms with Gasteiger partial charge in [0, 0.05) is 43.9 Å². The lowest BCUT2D eigenvalue weighted by molar-refractivity contribution is 0.00468. The van der Waals surface area contributed by atoms with E-state index in [2.05, 4.69) is 22.2 Å². The summed E-state index contributed by atoms with van der Waals surface area (Å²) in [6.07, 6.45) is 6.28. The lowest BCUT2D eigenvalue weighted by atomic mass is 9.98. The van der Waals surface area contributed by atoms with Gasteiger partial charge >= 0.3 is 6.09 Å². The Kier molecular flexibility index (Phi) is 6.79. The number of aryl methyl sites for hydroxylation is 2. The van der Waals surface area contributed by atoms with Crippen LogP contribution in [0.4, 0.5) is 10.5 Å². The fourth-order valence-corrected chi connectivity index (χ4v) is 4.78. The number of anilines is 1. The van der Waals surface area contributed by atoms with Crippen LogP contribution in [0.15, 0.2) is 41.2 Å². The molecule has 3 aromatic heterocycles. The van der Waals surface area contributed by atoms with Gasteiger partial charge in [0.05, 0.1) is 30.7 Å². The van der Waals surface area contributed by atoms with Crippen molar-refractivity contribution in [3.05, 3.63) is 48.1 Å². The van der Waals surface area contributed by atoms with E-state index in [9.17, 15) is 9.59 Å². The molecule has 0 N–H and O–H groups in total. The van der Waals surface area contributed by atoms with E-state index in [0.717, 1.165) is 12.0 Å². The Bertz CT molecular complexity index is 1440. The van der Waals surface area contributed by atoms with Crippen LogP contribution >= 0.6 is 0 Å². The minimum Gasteiger partial charge on any atom is -0.450 e.